The average molecular weight is 323 g/mol. The van der Waals surface area contributed by atoms with Gasteiger partial charge in [-0.25, -0.2) is 0 Å². The molecule has 1 aromatic carbocycles. The van der Waals surface area contributed by atoms with Gasteiger partial charge in [0, 0.05) is 4.47 Å². The fraction of sp³-hybridized carbons (Fsp3) is 0.214. The van der Waals surface area contributed by atoms with Crippen LogP contribution in [0.2, 0.25) is 0 Å². The molecular formula is C14H11BrO2S. The van der Waals surface area contributed by atoms with Gasteiger partial charge in [-0.2, -0.15) is 0 Å². The van der Waals surface area contributed by atoms with Crippen molar-refractivity contribution in [2.75, 3.05) is 0 Å². The summed E-state index contributed by atoms with van der Waals surface area (Å²) < 4.78 is 6.96. The summed E-state index contributed by atoms with van der Waals surface area (Å²) in [6.45, 7) is 1.98. The zero-order valence-electron chi connectivity index (χ0n) is 9.77. The first-order valence-corrected chi connectivity index (χ1v) is 7.36. The van der Waals surface area contributed by atoms with Crippen molar-refractivity contribution in [2.24, 2.45) is 0 Å². The number of halogens is 1. The van der Waals surface area contributed by atoms with Gasteiger partial charge in [0.25, 0.3) is 0 Å². The van der Waals surface area contributed by atoms with Crippen LogP contribution < -0.4 is 4.74 Å². The van der Waals surface area contributed by atoms with Crippen molar-refractivity contribution < 1.29 is 9.53 Å². The molecule has 3 rings (SSSR count). The van der Waals surface area contributed by atoms with Crippen molar-refractivity contribution in [2.45, 2.75) is 19.4 Å². The Morgan fingerprint density at radius 2 is 2.22 bits per heavy atom. The number of benzene rings is 1. The van der Waals surface area contributed by atoms with E-state index in [4.69, 9.17) is 4.74 Å². The van der Waals surface area contributed by atoms with Crippen LogP contribution in [-0.2, 0) is 0 Å². The van der Waals surface area contributed by atoms with Crippen molar-refractivity contribution in [1.29, 1.82) is 0 Å². The van der Waals surface area contributed by atoms with Gasteiger partial charge < -0.3 is 4.74 Å². The second kappa shape index (κ2) is 4.52. The zero-order valence-corrected chi connectivity index (χ0v) is 12.2. The zero-order chi connectivity index (χ0) is 12.7. The molecule has 2 nitrogen and oxygen atoms in total. The van der Waals surface area contributed by atoms with Crippen LogP contribution >= 0.6 is 27.3 Å². The number of rotatable bonds is 1. The fourth-order valence-corrected chi connectivity index (χ4v) is 3.78. The average Bonchev–Trinajstić information content (AvgIpc) is 2.76. The van der Waals surface area contributed by atoms with Gasteiger partial charge in [-0.15, -0.1) is 11.3 Å². The molecule has 0 amide bonds. The summed E-state index contributed by atoms with van der Waals surface area (Å²) in [7, 11) is 0. The van der Waals surface area contributed by atoms with E-state index in [0.717, 1.165) is 14.9 Å². The molecule has 2 aromatic rings. The van der Waals surface area contributed by atoms with Crippen LogP contribution in [0.4, 0.5) is 0 Å². The molecule has 1 aromatic heterocycles. The molecule has 18 heavy (non-hydrogen) atoms. The predicted molar refractivity (Wildman–Crippen MR) is 75.5 cm³/mol. The van der Waals surface area contributed by atoms with Crippen molar-refractivity contribution in [1.82, 2.24) is 0 Å². The normalized spacial score (nSPS) is 18.3. The Kier molecular flexibility index (Phi) is 2.99. The summed E-state index contributed by atoms with van der Waals surface area (Å²) in [5.41, 5.74) is 1.79. The first-order chi connectivity index (χ1) is 8.65. The topological polar surface area (TPSA) is 26.3 Å². The van der Waals surface area contributed by atoms with Crippen molar-refractivity contribution in [3.63, 3.8) is 0 Å². The number of thiophene rings is 1. The van der Waals surface area contributed by atoms with Gasteiger partial charge in [-0.05, 0) is 46.4 Å². The maximum Gasteiger partial charge on any atom is 0.170 e. The highest BCUT2D eigenvalue weighted by molar-refractivity contribution is 9.10. The molecule has 0 N–H and O–H groups in total. The Labute approximate surface area is 118 Å². The lowest BCUT2D eigenvalue weighted by molar-refractivity contribution is 0.0853. The Morgan fingerprint density at radius 1 is 1.39 bits per heavy atom. The lowest BCUT2D eigenvalue weighted by atomic mass is 9.98. The van der Waals surface area contributed by atoms with Crippen LogP contribution in [0.5, 0.6) is 5.75 Å². The van der Waals surface area contributed by atoms with Crippen LogP contribution in [0.25, 0.3) is 0 Å². The Bertz CT molecular complexity index is 618. The molecule has 2 heterocycles. The van der Waals surface area contributed by atoms with E-state index in [2.05, 4.69) is 15.9 Å². The minimum absolute atomic E-state index is 0.158. The molecule has 0 radical (unpaired) electrons. The SMILES string of the molecule is Cc1ccc2c(c1)C(=O)CC(c1sccc1Br)O2. The van der Waals surface area contributed by atoms with E-state index in [1.807, 2.05) is 36.6 Å². The van der Waals surface area contributed by atoms with E-state index in [1.165, 1.54) is 0 Å². The maximum absolute atomic E-state index is 12.2. The van der Waals surface area contributed by atoms with Crippen LogP contribution in [0.1, 0.15) is 33.3 Å². The Hall–Kier alpha value is -1.13. The van der Waals surface area contributed by atoms with Crippen molar-refractivity contribution in [3.05, 3.63) is 50.1 Å². The molecule has 1 aliphatic heterocycles. The second-order valence-electron chi connectivity index (χ2n) is 4.37. The van der Waals surface area contributed by atoms with Crippen molar-refractivity contribution in [3.8, 4) is 5.75 Å². The number of ether oxygens (including phenoxy) is 1. The standard InChI is InChI=1S/C14H11BrO2S/c1-8-2-3-12-9(6-8)11(16)7-13(17-12)14-10(15)4-5-18-14/h2-6,13H,7H2,1H3. The molecule has 1 aliphatic rings. The molecule has 1 atom stereocenters. The monoisotopic (exact) mass is 322 g/mol. The minimum Gasteiger partial charge on any atom is -0.484 e. The highest BCUT2D eigenvalue weighted by atomic mass is 79.9. The molecule has 4 heteroatoms. The fourth-order valence-electron chi connectivity index (χ4n) is 2.12. The number of hydrogen-bond donors (Lipinski definition) is 0. The number of carbonyl (C=O) groups is 1. The quantitative estimate of drug-likeness (QED) is 0.771. The van der Waals surface area contributed by atoms with E-state index < -0.39 is 0 Å². The lowest BCUT2D eigenvalue weighted by Crippen LogP contribution is -2.19. The summed E-state index contributed by atoms with van der Waals surface area (Å²) in [6, 6.07) is 7.74. The smallest absolute Gasteiger partial charge is 0.170 e. The molecule has 0 spiro atoms. The van der Waals surface area contributed by atoms with E-state index in [-0.39, 0.29) is 11.9 Å². The molecule has 0 saturated carbocycles. The molecule has 0 bridgehead atoms. The van der Waals surface area contributed by atoms with E-state index >= 15 is 0 Å². The minimum atomic E-state index is -0.165. The van der Waals surface area contributed by atoms with Gasteiger partial charge in [0.15, 0.2) is 5.78 Å². The lowest BCUT2D eigenvalue weighted by Gasteiger charge is -2.25. The summed E-state index contributed by atoms with van der Waals surface area (Å²) in [5, 5.41) is 2.00. The number of Topliss-reactive ketones (excluding diaryl/α,β-unsaturated/α-hetero) is 1. The molecule has 0 saturated heterocycles. The molecular weight excluding hydrogens is 312 g/mol. The van der Waals surface area contributed by atoms with Gasteiger partial charge >= 0.3 is 0 Å². The van der Waals surface area contributed by atoms with Gasteiger partial charge in [-0.3, -0.25) is 4.79 Å². The number of aryl methyl sites for hydroxylation is 1. The largest absolute Gasteiger partial charge is 0.484 e. The summed E-state index contributed by atoms with van der Waals surface area (Å²) in [6.07, 6.45) is 0.248. The van der Waals surface area contributed by atoms with Gasteiger partial charge in [-0.1, -0.05) is 11.6 Å². The third-order valence-electron chi connectivity index (χ3n) is 3.01. The van der Waals surface area contributed by atoms with Crippen LogP contribution in [0, 0.1) is 6.92 Å². The number of carbonyl (C=O) groups excluding carboxylic acids is 1. The molecule has 0 aliphatic carbocycles. The summed E-state index contributed by atoms with van der Waals surface area (Å²) in [4.78, 5) is 13.2. The van der Waals surface area contributed by atoms with Crippen LogP contribution in [-0.4, -0.2) is 5.78 Å². The molecule has 1 unspecified atom stereocenters. The third kappa shape index (κ3) is 1.99. The molecule has 0 fully saturated rings. The van der Waals surface area contributed by atoms with Gasteiger partial charge in [0.1, 0.15) is 11.9 Å². The predicted octanol–water partition coefficient (Wildman–Crippen LogP) is 4.53. The third-order valence-corrected chi connectivity index (χ3v) is 4.98. The highest BCUT2D eigenvalue weighted by Gasteiger charge is 2.29. The first kappa shape index (κ1) is 11.9. The highest BCUT2D eigenvalue weighted by Crippen LogP contribution is 2.39. The number of ketones is 1. The Balaban J connectivity index is 2.00. The van der Waals surface area contributed by atoms with Gasteiger partial charge in [0.05, 0.1) is 16.9 Å². The molecule has 92 valence electrons. The Morgan fingerprint density at radius 3 is 2.94 bits per heavy atom. The van der Waals surface area contributed by atoms with E-state index in [9.17, 15) is 4.79 Å². The number of fused-ring (bicyclic) bond motifs is 1. The second-order valence-corrected chi connectivity index (χ2v) is 6.17. The van der Waals surface area contributed by atoms with Gasteiger partial charge in [0.2, 0.25) is 0 Å². The number of hydrogen-bond acceptors (Lipinski definition) is 3. The van der Waals surface area contributed by atoms with Crippen LogP contribution in [0.15, 0.2) is 34.1 Å². The van der Waals surface area contributed by atoms with Crippen LogP contribution in [0.3, 0.4) is 0 Å². The van der Waals surface area contributed by atoms with Crippen molar-refractivity contribution >= 4 is 33.0 Å². The van der Waals surface area contributed by atoms with E-state index in [1.54, 1.807) is 11.3 Å². The maximum atomic E-state index is 12.2. The first-order valence-electron chi connectivity index (χ1n) is 5.68. The summed E-state index contributed by atoms with van der Waals surface area (Å²) in [5.74, 6) is 0.854. The van der Waals surface area contributed by atoms with E-state index in [0.29, 0.717) is 17.7 Å². The summed E-state index contributed by atoms with van der Waals surface area (Å²) >= 11 is 5.10.